The van der Waals surface area contributed by atoms with Gasteiger partial charge in [0.2, 0.25) is 0 Å². The average Bonchev–Trinajstić information content (AvgIpc) is 2.61. The van der Waals surface area contributed by atoms with Gasteiger partial charge in [-0.1, -0.05) is 18.2 Å². The lowest BCUT2D eigenvalue weighted by Crippen LogP contribution is -2.19. The molecule has 0 aromatic heterocycles. The number of aromatic carboxylic acids is 5. The van der Waals surface area contributed by atoms with Crippen LogP contribution < -0.4 is 0 Å². The minimum absolute atomic E-state index is 0.331. The minimum atomic E-state index is -1.83. The molecule has 5 N–H and O–H groups in total. The molecule has 0 saturated heterocycles. The number of carbonyl (C=O) groups is 5. The zero-order valence-electron chi connectivity index (χ0n) is 13.3. The first-order valence-corrected chi connectivity index (χ1v) is 6.96. The molecule has 0 aliphatic carbocycles. The van der Waals surface area contributed by atoms with Gasteiger partial charge in [0, 0.05) is 0 Å². The molecule has 10 nitrogen and oxygen atoms in total. The van der Waals surface area contributed by atoms with Crippen molar-refractivity contribution in [2.24, 2.45) is 0 Å². The zero-order valence-corrected chi connectivity index (χ0v) is 13.3. The molecule has 0 aliphatic rings. The van der Waals surface area contributed by atoms with Crippen LogP contribution in [-0.4, -0.2) is 55.4 Å². The Morgan fingerprint density at radius 2 is 0.852 bits per heavy atom. The number of hydrogen-bond acceptors (Lipinski definition) is 5. The predicted molar refractivity (Wildman–Crippen MR) is 87.7 cm³/mol. The molecule has 2 aromatic rings. The first kappa shape index (κ1) is 20.8. The highest BCUT2D eigenvalue weighted by Crippen LogP contribution is 2.20. The van der Waals surface area contributed by atoms with Gasteiger partial charge in [-0.25, -0.2) is 24.0 Å². The highest BCUT2D eigenvalue weighted by Gasteiger charge is 2.29. The van der Waals surface area contributed by atoms with E-state index in [0.717, 1.165) is 12.1 Å². The normalized spacial score (nSPS) is 9.48. The van der Waals surface area contributed by atoms with Crippen molar-refractivity contribution >= 4 is 29.8 Å². The van der Waals surface area contributed by atoms with Gasteiger partial charge in [0.05, 0.1) is 27.8 Å². The number of hydrogen-bond donors (Lipinski definition) is 5. The van der Waals surface area contributed by atoms with Crippen LogP contribution in [0, 0.1) is 0 Å². The fraction of sp³-hybridized carbons (Fsp3) is 0. The van der Waals surface area contributed by atoms with Crippen molar-refractivity contribution in [3.63, 3.8) is 0 Å². The molecule has 0 fully saturated rings. The predicted octanol–water partition coefficient (Wildman–Crippen LogP) is 1.86. The second kappa shape index (κ2) is 8.76. The largest absolute Gasteiger partial charge is 0.478 e. The lowest BCUT2D eigenvalue weighted by molar-refractivity contribution is 0.0619. The maximum absolute atomic E-state index is 10.9. The Balaban J connectivity index is 0.000000337. The maximum Gasteiger partial charge on any atom is 0.337 e. The molecule has 0 radical (unpaired) electrons. The molecule has 2 aromatic carbocycles. The van der Waals surface area contributed by atoms with Crippen LogP contribution in [-0.2, 0) is 0 Å². The summed E-state index contributed by atoms with van der Waals surface area (Å²) in [6, 6.07) is 9.77. The topological polar surface area (TPSA) is 186 Å². The smallest absolute Gasteiger partial charge is 0.337 e. The summed E-state index contributed by atoms with van der Waals surface area (Å²) in [7, 11) is 0. The quantitative estimate of drug-likeness (QED) is 0.515. The Hall–Kier alpha value is -4.21. The van der Waals surface area contributed by atoms with Crippen molar-refractivity contribution in [1.82, 2.24) is 0 Å². The molecule has 0 bridgehead atoms. The molecule has 0 spiro atoms. The summed E-state index contributed by atoms with van der Waals surface area (Å²) in [6.45, 7) is 0. The monoisotopic (exact) mass is 376 g/mol. The van der Waals surface area contributed by atoms with Crippen LogP contribution in [0.3, 0.4) is 0 Å². The molecule has 0 aliphatic heterocycles. The molecule has 0 unspecified atom stereocenters. The molecule has 2 rings (SSSR count). The summed E-state index contributed by atoms with van der Waals surface area (Å²) in [4.78, 5) is 53.6. The third kappa shape index (κ3) is 5.13. The Bertz CT molecular complexity index is 864. The lowest BCUT2D eigenvalue weighted by atomic mass is 9.95. The van der Waals surface area contributed by atoms with E-state index in [0.29, 0.717) is 5.56 Å². The maximum atomic E-state index is 10.9. The Morgan fingerprint density at radius 3 is 1.07 bits per heavy atom. The van der Waals surface area contributed by atoms with Gasteiger partial charge < -0.3 is 25.5 Å². The Morgan fingerprint density at radius 1 is 0.481 bits per heavy atom. The molecule has 0 amide bonds. The van der Waals surface area contributed by atoms with Crippen molar-refractivity contribution in [3.05, 3.63) is 70.3 Å². The molecule has 0 atom stereocenters. The van der Waals surface area contributed by atoms with Crippen molar-refractivity contribution in [2.45, 2.75) is 0 Å². The van der Waals surface area contributed by atoms with Crippen LogP contribution in [0.1, 0.15) is 51.8 Å². The van der Waals surface area contributed by atoms with Gasteiger partial charge in [-0.05, 0) is 24.3 Å². The third-order valence-electron chi connectivity index (χ3n) is 3.11. The number of carboxylic acids is 5. The average molecular weight is 376 g/mol. The number of benzene rings is 2. The van der Waals surface area contributed by atoms with E-state index in [2.05, 4.69) is 0 Å². The van der Waals surface area contributed by atoms with Gasteiger partial charge in [-0.3, -0.25) is 0 Å². The van der Waals surface area contributed by atoms with Crippen LogP contribution >= 0.6 is 0 Å². The number of rotatable bonds is 5. The highest BCUT2D eigenvalue weighted by atomic mass is 16.4. The van der Waals surface area contributed by atoms with E-state index in [4.69, 9.17) is 25.5 Å². The van der Waals surface area contributed by atoms with Crippen LogP contribution in [0.5, 0.6) is 0 Å². The fourth-order valence-electron chi connectivity index (χ4n) is 1.98. The van der Waals surface area contributed by atoms with E-state index in [1.807, 2.05) is 0 Å². The van der Waals surface area contributed by atoms with E-state index >= 15 is 0 Å². The van der Waals surface area contributed by atoms with Crippen molar-refractivity contribution < 1.29 is 49.5 Å². The molecular weight excluding hydrogens is 364 g/mol. The van der Waals surface area contributed by atoms with Crippen LogP contribution in [0.15, 0.2) is 42.5 Å². The van der Waals surface area contributed by atoms with Crippen LogP contribution in [0.25, 0.3) is 0 Å². The Labute approximate surface area is 150 Å². The summed E-state index contributed by atoms with van der Waals surface area (Å²) in [5.41, 5.74) is -3.36. The zero-order chi connectivity index (χ0) is 20.7. The number of carboxylic acid groups (broad SMARTS) is 5. The van der Waals surface area contributed by atoms with Crippen molar-refractivity contribution in [2.75, 3.05) is 0 Å². The lowest BCUT2D eigenvalue weighted by Gasteiger charge is -2.08. The van der Waals surface area contributed by atoms with Crippen LogP contribution in [0.4, 0.5) is 0 Å². The third-order valence-corrected chi connectivity index (χ3v) is 3.11. The van der Waals surface area contributed by atoms with Gasteiger partial charge in [-0.15, -0.1) is 0 Å². The highest BCUT2D eigenvalue weighted by molar-refractivity contribution is 6.13. The molecule has 0 saturated carbocycles. The van der Waals surface area contributed by atoms with Gasteiger partial charge in [0.25, 0.3) is 0 Å². The van der Waals surface area contributed by atoms with E-state index < -0.39 is 52.1 Å². The molecule has 0 heterocycles. The van der Waals surface area contributed by atoms with E-state index in [9.17, 15) is 24.0 Å². The summed E-state index contributed by atoms with van der Waals surface area (Å²) >= 11 is 0. The molecule has 10 heteroatoms. The molecule has 27 heavy (non-hydrogen) atoms. The molecular formula is C17H12O10. The van der Waals surface area contributed by atoms with Crippen LogP contribution in [0.2, 0.25) is 0 Å². The first-order valence-electron chi connectivity index (χ1n) is 6.96. The van der Waals surface area contributed by atoms with Crippen molar-refractivity contribution in [3.8, 4) is 0 Å². The minimum Gasteiger partial charge on any atom is -0.478 e. The van der Waals surface area contributed by atoms with E-state index in [1.165, 1.54) is 0 Å². The first-order chi connectivity index (χ1) is 12.6. The second-order valence-electron chi connectivity index (χ2n) is 4.80. The Kier molecular flexibility index (Phi) is 6.76. The fourth-order valence-corrected chi connectivity index (χ4v) is 1.98. The van der Waals surface area contributed by atoms with Gasteiger partial charge >= 0.3 is 29.8 Å². The summed E-state index contributed by atoms with van der Waals surface area (Å²) in [5.74, 6) is -7.85. The summed E-state index contributed by atoms with van der Waals surface area (Å²) < 4.78 is 0. The van der Waals surface area contributed by atoms with Gasteiger partial charge in [0.1, 0.15) is 0 Å². The summed E-state index contributed by atoms with van der Waals surface area (Å²) in [5, 5.41) is 43.5. The van der Waals surface area contributed by atoms with E-state index in [-0.39, 0.29) is 0 Å². The van der Waals surface area contributed by atoms with E-state index in [1.54, 1.807) is 30.3 Å². The second-order valence-corrected chi connectivity index (χ2v) is 4.80. The molecule has 140 valence electrons. The summed E-state index contributed by atoms with van der Waals surface area (Å²) in [6.07, 6.45) is 0. The van der Waals surface area contributed by atoms with Gasteiger partial charge in [0.15, 0.2) is 0 Å². The van der Waals surface area contributed by atoms with Gasteiger partial charge in [-0.2, -0.15) is 0 Å². The standard InChI is InChI=1S/C10H6O8.C7H6O2/c11-7(12)3-1-2-4(8(13)14)6(10(17)18)5(3)9(15)16;8-7(9)6-4-2-1-3-5-6/h1-2H,(H,11,12)(H,13,14)(H,15,16)(H,17,18);1-5H,(H,8,9). The SMILES string of the molecule is O=C(O)c1ccc(C(=O)O)c(C(=O)O)c1C(=O)O.O=C(O)c1ccccc1. The van der Waals surface area contributed by atoms with Crippen molar-refractivity contribution in [1.29, 1.82) is 0 Å².